The lowest BCUT2D eigenvalue weighted by atomic mass is 10.1. The van der Waals surface area contributed by atoms with E-state index >= 15 is 0 Å². The van der Waals surface area contributed by atoms with Gasteiger partial charge >= 0.3 is 0 Å². The highest BCUT2D eigenvalue weighted by atomic mass is 32.1. The molecule has 25 heavy (non-hydrogen) atoms. The molecule has 0 atom stereocenters. The molecule has 5 heteroatoms. The summed E-state index contributed by atoms with van der Waals surface area (Å²) in [6.45, 7) is 0.758. The Kier molecular flexibility index (Phi) is 5.46. The Bertz CT molecular complexity index is 855. The van der Waals surface area contributed by atoms with E-state index in [1.165, 1.54) is 5.56 Å². The third kappa shape index (κ3) is 4.45. The molecule has 0 aliphatic heterocycles. The summed E-state index contributed by atoms with van der Waals surface area (Å²) in [6, 6.07) is 16.2. The molecule has 3 aromatic rings. The summed E-state index contributed by atoms with van der Waals surface area (Å²) >= 11 is 5.06. The summed E-state index contributed by atoms with van der Waals surface area (Å²) in [7, 11) is 1.68. The number of aryl methyl sites for hydroxylation is 2. The molecule has 0 bridgehead atoms. The van der Waals surface area contributed by atoms with Gasteiger partial charge in [-0.3, -0.25) is 0 Å². The van der Waals surface area contributed by atoms with Gasteiger partial charge in [0.1, 0.15) is 16.6 Å². The number of ether oxygens (including phenoxy) is 1. The molecule has 1 aromatic heterocycles. The second-order valence-corrected chi connectivity index (χ2v) is 6.32. The van der Waals surface area contributed by atoms with E-state index in [1.807, 2.05) is 42.7 Å². The number of nitrogens with two attached hydrogens (primary N) is 1. The molecule has 2 N–H and O–H groups in total. The van der Waals surface area contributed by atoms with Gasteiger partial charge < -0.3 is 15.0 Å². The van der Waals surface area contributed by atoms with Crippen LogP contribution in [0.5, 0.6) is 5.75 Å². The normalized spacial score (nSPS) is 10.6. The van der Waals surface area contributed by atoms with Crippen LogP contribution >= 0.6 is 12.2 Å². The molecule has 3 rings (SSSR count). The minimum absolute atomic E-state index is 0.423. The third-order valence-corrected chi connectivity index (χ3v) is 4.40. The van der Waals surface area contributed by atoms with E-state index in [9.17, 15) is 0 Å². The molecule has 1 heterocycles. The van der Waals surface area contributed by atoms with Gasteiger partial charge in [-0.05, 0) is 35.7 Å². The molecule has 0 unspecified atom stereocenters. The van der Waals surface area contributed by atoms with E-state index < -0.39 is 0 Å². The highest BCUT2D eigenvalue weighted by Crippen LogP contribution is 2.14. The Labute approximate surface area is 153 Å². The summed E-state index contributed by atoms with van der Waals surface area (Å²) < 4.78 is 7.37. The number of imidazole rings is 1. The zero-order valence-electron chi connectivity index (χ0n) is 14.2. The molecule has 4 nitrogen and oxygen atoms in total. The number of thiocarbonyl (C=S) groups is 1. The van der Waals surface area contributed by atoms with E-state index in [4.69, 9.17) is 22.7 Å². The van der Waals surface area contributed by atoms with Crippen molar-refractivity contribution in [2.75, 3.05) is 7.11 Å². The summed E-state index contributed by atoms with van der Waals surface area (Å²) in [5.74, 6) is 1.94. The molecule has 2 aromatic carbocycles. The first-order valence-corrected chi connectivity index (χ1v) is 8.58. The Morgan fingerprint density at radius 1 is 1.12 bits per heavy atom. The lowest BCUT2D eigenvalue weighted by Gasteiger charge is -2.10. The molecule has 0 radical (unpaired) electrons. The van der Waals surface area contributed by atoms with Gasteiger partial charge in [0.25, 0.3) is 0 Å². The van der Waals surface area contributed by atoms with Crippen molar-refractivity contribution in [3.8, 4) is 5.75 Å². The van der Waals surface area contributed by atoms with Crippen LogP contribution in [0.15, 0.2) is 60.9 Å². The van der Waals surface area contributed by atoms with Crippen LogP contribution in [0.4, 0.5) is 0 Å². The summed E-state index contributed by atoms with van der Waals surface area (Å²) in [5.41, 5.74) is 9.05. The Hall–Kier alpha value is -2.66. The number of hydrogen-bond acceptors (Lipinski definition) is 3. The lowest BCUT2D eigenvalue weighted by Crippen LogP contribution is -2.11. The average molecular weight is 351 g/mol. The fourth-order valence-corrected chi connectivity index (χ4v) is 2.91. The van der Waals surface area contributed by atoms with E-state index in [2.05, 4.69) is 27.8 Å². The molecule has 0 amide bonds. The highest BCUT2D eigenvalue weighted by molar-refractivity contribution is 7.80. The number of aromatic nitrogens is 2. The van der Waals surface area contributed by atoms with Crippen molar-refractivity contribution in [3.63, 3.8) is 0 Å². The van der Waals surface area contributed by atoms with Gasteiger partial charge in [-0.2, -0.15) is 0 Å². The predicted molar refractivity (Wildman–Crippen MR) is 104 cm³/mol. The van der Waals surface area contributed by atoms with Gasteiger partial charge in [0.2, 0.25) is 0 Å². The quantitative estimate of drug-likeness (QED) is 0.663. The Morgan fingerprint density at radius 3 is 2.64 bits per heavy atom. The van der Waals surface area contributed by atoms with Crippen molar-refractivity contribution in [1.82, 2.24) is 9.55 Å². The maximum atomic E-state index is 5.72. The first kappa shape index (κ1) is 17.2. The first-order chi connectivity index (χ1) is 12.2. The van der Waals surface area contributed by atoms with E-state index in [0.717, 1.165) is 42.1 Å². The van der Waals surface area contributed by atoms with Crippen molar-refractivity contribution in [1.29, 1.82) is 0 Å². The van der Waals surface area contributed by atoms with E-state index in [0.29, 0.717) is 4.99 Å². The van der Waals surface area contributed by atoms with Crippen molar-refractivity contribution in [3.05, 3.63) is 83.4 Å². The van der Waals surface area contributed by atoms with Crippen LogP contribution in [0.2, 0.25) is 0 Å². The summed E-state index contributed by atoms with van der Waals surface area (Å²) in [4.78, 5) is 4.93. The first-order valence-electron chi connectivity index (χ1n) is 8.17. The van der Waals surface area contributed by atoms with Crippen LogP contribution in [0.3, 0.4) is 0 Å². The standard InChI is InChI=1S/C20H21N3OS/c1-24-18-8-5-15(6-9-18)7-10-19-22-11-12-23(19)14-16-3-2-4-17(13-16)20(21)25/h2-6,8-9,11-13H,7,10,14H2,1H3,(H2,21,25). The summed E-state index contributed by atoms with van der Waals surface area (Å²) in [5, 5.41) is 0. The molecule has 0 spiro atoms. The molecular weight excluding hydrogens is 330 g/mol. The van der Waals surface area contributed by atoms with Crippen molar-refractivity contribution < 1.29 is 4.74 Å². The second kappa shape index (κ2) is 7.94. The van der Waals surface area contributed by atoms with Gasteiger partial charge in [-0.15, -0.1) is 0 Å². The molecule has 128 valence electrons. The molecule has 0 aliphatic carbocycles. The fraction of sp³-hybridized carbons (Fsp3) is 0.200. The molecule has 0 fully saturated rings. The van der Waals surface area contributed by atoms with Gasteiger partial charge in [0.15, 0.2) is 0 Å². The average Bonchev–Trinajstić information content (AvgIpc) is 3.07. The number of methoxy groups -OCH3 is 1. The van der Waals surface area contributed by atoms with Crippen LogP contribution < -0.4 is 10.5 Å². The van der Waals surface area contributed by atoms with Gasteiger partial charge in [-0.25, -0.2) is 4.98 Å². The fourth-order valence-electron chi connectivity index (χ4n) is 2.78. The zero-order chi connectivity index (χ0) is 17.6. The number of rotatable bonds is 7. The smallest absolute Gasteiger partial charge is 0.118 e. The number of nitrogens with zero attached hydrogens (tertiary/aromatic N) is 2. The maximum Gasteiger partial charge on any atom is 0.118 e. The van der Waals surface area contributed by atoms with E-state index in [-0.39, 0.29) is 0 Å². The monoisotopic (exact) mass is 351 g/mol. The Morgan fingerprint density at radius 2 is 1.92 bits per heavy atom. The summed E-state index contributed by atoms with van der Waals surface area (Å²) in [6.07, 6.45) is 5.68. The van der Waals surface area contributed by atoms with Gasteiger partial charge in [0.05, 0.1) is 7.11 Å². The molecule has 0 aliphatic rings. The van der Waals surface area contributed by atoms with Crippen molar-refractivity contribution in [2.45, 2.75) is 19.4 Å². The van der Waals surface area contributed by atoms with Crippen LogP contribution in [-0.2, 0) is 19.4 Å². The Balaban J connectivity index is 1.68. The largest absolute Gasteiger partial charge is 0.497 e. The zero-order valence-corrected chi connectivity index (χ0v) is 15.0. The minimum atomic E-state index is 0.423. The highest BCUT2D eigenvalue weighted by Gasteiger charge is 2.06. The van der Waals surface area contributed by atoms with Crippen molar-refractivity contribution in [2.24, 2.45) is 5.73 Å². The van der Waals surface area contributed by atoms with Crippen molar-refractivity contribution >= 4 is 17.2 Å². The lowest BCUT2D eigenvalue weighted by molar-refractivity contribution is 0.414. The topological polar surface area (TPSA) is 53.1 Å². The molecule has 0 saturated carbocycles. The predicted octanol–water partition coefficient (Wildman–Crippen LogP) is 3.36. The minimum Gasteiger partial charge on any atom is -0.497 e. The van der Waals surface area contributed by atoms with E-state index in [1.54, 1.807) is 7.11 Å². The maximum absolute atomic E-state index is 5.72. The van der Waals surface area contributed by atoms with Gasteiger partial charge in [-0.1, -0.05) is 42.5 Å². The molecular formula is C20H21N3OS. The second-order valence-electron chi connectivity index (χ2n) is 5.88. The van der Waals surface area contributed by atoms with Crippen LogP contribution in [0.1, 0.15) is 22.5 Å². The van der Waals surface area contributed by atoms with Crippen LogP contribution in [0.25, 0.3) is 0 Å². The van der Waals surface area contributed by atoms with Crippen LogP contribution in [0, 0.1) is 0 Å². The SMILES string of the molecule is COc1ccc(CCc2nccn2Cc2cccc(C(N)=S)c2)cc1. The van der Waals surface area contributed by atoms with Gasteiger partial charge in [0, 0.05) is 30.9 Å². The van der Waals surface area contributed by atoms with Crippen LogP contribution in [-0.4, -0.2) is 21.6 Å². The third-order valence-electron chi connectivity index (χ3n) is 4.16. The molecule has 0 saturated heterocycles. The number of hydrogen-bond donors (Lipinski definition) is 1. The number of benzene rings is 2.